The number of aliphatic hydroxyl groups is 1. The normalized spacial score (nSPS) is 14.1. The molecule has 2 amide bonds. The molecule has 1 aliphatic rings. The lowest BCUT2D eigenvalue weighted by atomic mass is 10.0. The molecule has 190 valence electrons. The van der Waals surface area contributed by atoms with Gasteiger partial charge in [0.15, 0.2) is 5.58 Å². The maximum Gasteiger partial charge on any atom is 0.269 e. The number of morpholine rings is 1. The molecular formula is C28H28N4O5. The van der Waals surface area contributed by atoms with Gasteiger partial charge in [0, 0.05) is 54.8 Å². The van der Waals surface area contributed by atoms with E-state index in [0.717, 1.165) is 11.1 Å². The summed E-state index contributed by atoms with van der Waals surface area (Å²) in [6, 6.07) is 14.5. The van der Waals surface area contributed by atoms with Gasteiger partial charge >= 0.3 is 0 Å². The van der Waals surface area contributed by atoms with Gasteiger partial charge in [-0.25, -0.2) is 0 Å². The molecule has 0 saturated carbocycles. The molecule has 4 heterocycles. The van der Waals surface area contributed by atoms with Crippen LogP contribution in [0.2, 0.25) is 0 Å². The van der Waals surface area contributed by atoms with Gasteiger partial charge in [-0.3, -0.25) is 19.6 Å². The largest absolute Gasteiger partial charge is 0.454 e. The molecule has 1 aliphatic heterocycles. The summed E-state index contributed by atoms with van der Waals surface area (Å²) in [4.78, 5) is 35.8. The van der Waals surface area contributed by atoms with Gasteiger partial charge in [-0.15, -0.1) is 0 Å². The van der Waals surface area contributed by atoms with Crippen LogP contribution in [-0.4, -0.2) is 70.2 Å². The summed E-state index contributed by atoms with van der Waals surface area (Å²) in [5, 5.41) is 12.5. The highest BCUT2D eigenvalue weighted by Crippen LogP contribution is 2.34. The summed E-state index contributed by atoms with van der Waals surface area (Å²) in [7, 11) is 0. The Labute approximate surface area is 214 Å². The van der Waals surface area contributed by atoms with Gasteiger partial charge in [-0.1, -0.05) is 12.1 Å². The predicted octanol–water partition coefficient (Wildman–Crippen LogP) is 3.53. The summed E-state index contributed by atoms with van der Waals surface area (Å²) >= 11 is 0. The highest BCUT2D eigenvalue weighted by molar-refractivity contribution is 5.98. The number of aromatic nitrogens is 2. The molecule has 2 N–H and O–H groups in total. The maximum absolute atomic E-state index is 13.0. The monoisotopic (exact) mass is 500 g/mol. The van der Waals surface area contributed by atoms with E-state index in [0.29, 0.717) is 54.3 Å². The van der Waals surface area contributed by atoms with E-state index < -0.39 is 5.60 Å². The Kier molecular flexibility index (Phi) is 6.73. The van der Waals surface area contributed by atoms with Crippen LogP contribution in [0.15, 0.2) is 65.3 Å². The summed E-state index contributed by atoms with van der Waals surface area (Å²) in [6.45, 7) is 5.61. The van der Waals surface area contributed by atoms with Crippen LogP contribution >= 0.6 is 0 Å². The zero-order chi connectivity index (χ0) is 26.0. The Balaban J connectivity index is 1.40. The minimum Gasteiger partial charge on any atom is -0.454 e. The van der Waals surface area contributed by atoms with Gasteiger partial charge in [-0.05, 0) is 49.7 Å². The number of carbonyl (C=O) groups is 2. The summed E-state index contributed by atoms with van der Waals surface area (Å²) in [5.74, 6) is 0.175. The van der Waals surface area contributed by atoms with Crippen LogP contribution in [0.3, 0.4) is 0 Å². The number of furan rings is 1. The fourth-order valence-electron chi connectivity index (χ4n) is 4.14. The first-order valence-electron chi connectivity index (χ1n) is 12.1. The van der Waals surface area contributed by atoms with Crippen molar-refractivity contribution in [3.63, 3.8) is 0 Å². The Morgan fingerprint density at radius 1 is 1.05 bits per heavy atom. The van der Waals surface area contributed by atoms with E-state index in [1.54, 1.807) is 43.3 Å². The first-order valence-corrected chi connectivity index (χ1v) is 12.1. The molecule has 0 unspecified atom stereocenters. The summed E-state index contributed by atoms with van der Waals surface area (Å²) in [6.07, 6.45) is 3.28. The Bertz CT molecular complexity index is 1430. The van der Waals surface area contributed by atoms with Gasteiger partial charge in [0.05, 0.1) is 18.8 Å². The molecule has 4 aromatic rings. The van der Waals surface area contributed by atoms with E-state index in [1.807, 2.05) is 36.4 Å². The second-order valence-electron chi connectivity index (χ2n) is 9.60. The topological polar surface area (TPSA) is 118 Å². The molecule has 0 bridgehead atoms. The van der Waals surface area contributed by atoms with Crippen LogP contribution in [0.25, 0.3) is 33.6 Å². The molecule has 0 atom stereocenters. The average molecular weight is 501 g/mol. The second-order valence-corrected chi connectivity index (χ2v) is 9.60. The van der Waals surface area contributed by atoms with Gasteiger partial charge < -0.3 is 24.5 Å². The minimum atomic E-state index is -1.01. The van der Waals surface area contributed by atoms with Crippen LogP contribution in [-0.2, 0) is 4.74 Å². The van der Waals surface area contributed by atoms with Crippen molar-refractivity contribution in [2.45, 2.75) is 19.4 Å². The highest BCUT2D eigenvalue weighted by atomic mass is 16.5. The van der Waals surface area contributed by atoms with Gasteiger partial charge in [0.25, 0.3) is 11.8 Å². The number of rotatable bonds is 6. The molecule has 9 nitrogen and oxygen atoms in total. The number of amides is 2. The van der Waals surface area contributed by atoms with E-state index in [2.05, 4.69) is 15.3 Å². The third kappa shape index (κ3) is 5.52. The predicted molar refractivity (Wildman–Crippen MR) is 138 cm³/mol. The lowest BCUT2D eigenvalue weighted by Gasteiger charge is -2.27. The van der Waals surface area contributed by atoms with Gasteiger partial charge in [0.1, 0.15) is 17.0 Å². The molecule has 37 heavy (non-hydrogen) atoms. The quantitative estimate of drug-likeness (QED) is 0.416. The van der Waals surface area contributed by atoms with Crippen molar-refractivity contribution < 1.29 is 23.8 Å². The van der Waals surface area contributed by atoms with E-state index >= 15 is 0 Å². The standard InChI is InChI=1S/C28H28N4O5/c1-28(2,35)17-31-26(33)22-7-6-20(16-30-22)24-15-23-25(37-24)21(8-9-29-23)18-4-3-5-19(14-18)27(34)32-10-12-36-13-11-32/h3-9,14-16,35H,10-13,17H2,1-2H3,(H,31,33). The van der Waals surface area contributed by atoms with E-state index in [1.165, 1.54) is 0 Å². The number of hydrogen-bond acceptors (Lipinski definition) is 7. The first kappa shape index (κ1) is 24.6. The van der Waals surface area contributed by atoms with Crippen LogP contribution in [0, 0.1) is 0 Å². The summed E-state index contributed by atoms with van der Waals surface area (Å²) < 4.78 is 11.6. The minimum absolute atomic E-state index is 0.0201. The van der Waals surface area contributed by atoms with Crippen molar-refractivity contribution in [3.05, 3.63) is 72.2 Å². The van der Waals surface area contributed by atoms with Crippen molar-refractivity contribution in [2.75, 3.05) is 32.8 Å². The van der Waals surface area contributed by atoms with Crippen molar-refractivity contribution in [1.82, 2.24) is 20.2 Å². The van der Waals surface area contributed by atoms with Gasteiger partial charge in [0.2, 0.25) is 0 Å². The van der Waals surface area contributed by atoms with Crippen LogP contribution in [0.5, 0.6) is 0 Å². The van der Waals surface area contributed by atoms with Crippen LogP contribution < -0.4 is 5.32 Å². The highest BCUT2D eigenvalue weighted by Gasteiger charge is 2.20. The van der Waals surface area contributed by atoms with Crippen LogP contribution in [0.1, 0.15) is 34.7 Å². The van der Waals surface area contributed by atoms with Gasteiger partial charge in [-0.2, -0.15) is 0 Å². The lowest BCUT2D eigenvalue weighted by Crippen LogP contribution is -2.40. The van der Waals surface area contributed by atoms with Crippen molar-refractivity contribution >= 4 is 22.9 Å². The molecule has 9 heteroatoms. The molecule has 0 aliphatic carbocycles. The van der Waals surface area contributed by atoms with Crippen molar-refractivity contribution in [2.24, 2.45) is 0 Å². The molecular weight excluding hydrogens is 472 g/mol. The smallest absolute Gasteiger partial charge is 0.269 e. The molecule has 0 radical (unpaired) electrons. The van der Waals surface area contributed by atoms with E-state index in [4.69, 9.17) is 9.15 Å². The van der Waals surface area contributed by atoms with E-state index in [-0.39, 0.29) is 24.1 Å². The molecule has 1 saturated heterocycles. The Morgan fingerprint density at radius 2 is 1.86 bits per heavy atom. The molecule has 5 rings (SSSR count). The third-order valence-corrected chi connectivity index (χ3v) is 6.09. The third-order valence-electron chi connectivity index (χ3n) is 6.09. The van der Waals surface area contributed by atoms with Crippen molar-refractivity contribution in [1.29, 1.82) is 0 Å². The number of ether oxygens (including phenoxy) is 1. The number of fused-ring (bicyclic) bond motifs is 1. The number of benzene rings is 1. The number of nitrogens with zero attached hydrogens (tertiary/aromatic N) is 3. The number of hydrogen-bond donors (Lipinski definition) is 2. The number of nitrogens with one attached hydrogen (secondary N) is 1. The second kappa shape index (κ2) is 10.1. The molecule has 0 spiro atoms. The molecule has 1 fully saturated rings. The Morgan fingerprint density at radius 3 is 2.59 bits per heavy atom. The first-order chi connectivity index (χ1) is 17.8. The lowest BCUT2D eigenvalue weighted by molar-refractivity contribution is 0.0303. The van der Waals surface area contributed by atoms with Crippen LogP contribution in [0.4, 0.5) is 0 Å². The molecule has 3 aromatic heterocycles. The van der Waals surface area contributed by atoms with E-state index in [9.17, 15) is 14.7 Å². The summed E-state index contributed by atoms with van der Waals surface area (Å²) in [5.41, 5.74) is 3.48. The average Bonchev–Trinajstić information content (AvgIpc) is 3.36. The molecule has 1 aromatic carbocycles. The zero-order valence-corrected chi connectivity index (χ0v) is 20.7. The maximum atomic E-state index is 13.0. The fraction of sp³-hybridized carbons (Fsp3) is 0.286. The fourth-order valence-corrected chi connectivity index (χ4v) is 4.14. The zero-order valence-electron chi connectivity index (χ0n) is 20.7. The number of pyridine rings is 2. The number of carbonyl (C=O) groups excluding carboxylic acids is 2. The van der Waals surface area contributed by atoms with Crippen molar-refractivity contribution in [3.8, 4) is 22.5 Å². The Hall–Kier alpha value is -4.08. The SMILES string of the molecule is CC(C)(O)CNC(=O)c1ccc(-c2cc3nccc(-c4cccc(C(=O)N5CCOCC5)c4)c3o2)cn1.